The van der Waals surface area contributed by atoms with Crippen LogP contribution in [0.15, 0.2) is 24.3 Å². The van der Waals surface area contributed by atoms with E-state index >= 15 is 0 Å². The van der Waals surface area contributed by atoms with Gasteiger partial charge in [-0.2, -0.15) is 0 Å². The maximum atomic E-state index is 10.6. The van der Waals surface area contributed by atoms with Gasteiger partial charge in [0.2, 0.25) is 0 Å². The molecule has 0 heterocycles. The Kier molecular flexibility index (Phi) is 4.16. The van der Waals surface area contributed by atoms with Crippen molar-refractivity contribution in [3.05, 3.63) is 24.3 Å². The van der Waals surface area contributed by atoms with Crippen molar-refractivity contribution in [1.29, 1.82) is 0 Å². The molecule has 0 unspecified atom stereocenters. The van der Waals surface area contributed by atoms with Gasteiger partial charge in [-0.15, -0.1) is 0 Å². The summed E-state index contributed by atoms with van der Waals surface area (Å²) in [6, 6.07) is 0. The first kappa shape index (κ1) is 8.51. The molecule has 0 amide bonds. The Hall–Kier alpha value is -0.486. The van der Waals surface area contributed by atoms with Crippen molar-refractivity contribution < 1.29 is 19.8 Å². The molecular formula is C7H8NiO. The molecule has 0 aromatic rings. The fraction of sp³-hybridized carbons (Fsp3) is 0.143. The third-order valence-electron chi connectivity index (χ3n) is 0.802. The van der Waals surface area contributed by atoms with Crippen LogP contribution in [0.5, 0.6) is 0 Å². The third-order valence-corrected chi connectivity index (χ3v) is 1.11. The molecule has 0 N–H and O–H groups in total. The van der Waals surface area contributed by atoms with Crippen LogP contribution < -0.4 is 0 Å². The van der Waals surface area contributed by atoms with Crippen molar-refractivity contribution in [2.75, 3.05) is 0 Å². The van der Waals surface area contributed by atoms with Gasteiger partial charge < -0.3 is 0 Å². The quantitative estimate of drug-likeness (QED) is 0.348. The molecule has 0 atom stereocenters. The Morgan fingerprint density at radius 3 is 2.33 bits per heavy atom. The molecular weight excluding hydrogens is 159 g/mol. The predicted octanol–water partition coefficient (Wildman–Crippen LogP) is 1.04. The molecule has 0 aliphatic carbocycles. The first-order chi connectivity index (χ1) is 4.22. The molecule has 0 radical (unpaired) electrons. The molecule has 1 nitrogen and oxygen atoms in total. The van der Waals surface area contributed by atoms with Crippen LogP contribution in [0.2, 0.25) is 0 Å². The molecule has 52 valence electrons. The molecule has 0 aliphatic rings. The van der Waals surface area contributed by atoms with E-state index in [9.17, 15) is 4.79 Å². The van der Waals surface area contributed by atoms with Gasteiger partial charge in [0.15, 0.2) is 0 Å². The van der Waals surface area contributed by atoms with Crippen LogP contribution in [0.3, 0.4) is 0 Å². The number of rotatable bonds is 3. The summed E-state index contributed by atoms with van der Waals surface area (Å²) in [4.78, 5) is 12.0. The Bertz CT molecular complexity index is 168. The van der Waals surface area contributed by atoms with Gasteiger partial charge in [0.05, 0.1) is 0 Å². The number of ketones is 1. The fourth-order valence-corrected chi connectivity index (χ4v) is 0.635. The second-order valence-corrected chi connectivity index (χ2v) is 1.79. The van der Waals surface area contributed by atoms with E-state index < -0.39 is 0 Å². The molecule has 0 rings (SSSR count). The molecule has 0 fully saturated rings. The van der Waals surface area contributed by atoms with Crippen LogP contribution in [-0.2, 0) is 19.8 Å². The summed E-state index contributed by atoms with van der Waals surface area (Å²) in [7, 11) is 0. The number of allylic oxidation sites excluding steroid dienone is 3. The van der Waals surface area contributed by atoms with Crippen molar-refractivity contribution in [3.63, 3.8) is 0 Å². The molecule has 2 heteroatoms. The SMILES string of the molecule is C=C/C=C(\[CH]=[Ni])C(C)=O. The summed E-state index contributed by atoms with van der Waals surface area (Å²) in [5, 5.41) is 0. The number of carbonyl (C=O) groups excluding carboxylic acids is 1. The second-order valence-electron chi connectivity index (χ2n) is 1.51. The van der Waals surface area contributed by atoms with Crippen molar-refractivity contribution in [2.24, 2.45) is 0 Å². The topological polar surface area (TPSA) is 17.1 Å². The van der Waals surface area contributed by atoms with E-state index in [4.69, 9.17) is 0 Å². The average Bonchev–Trinajstić information content (AvgIpc) is 1.82. The first-order valence-corrected chi connectivity index (χ1v) is 3.03. The number of hydrogen-bond acceptors (Lipinski definition) is 1. The van der Waals surface area contributed by atoms with Gasteiger partial charge in [-0.05, 0) is 0 Å². The van der Waals surface area contributed by atoms with Crippen LogP contribution in [0, 0.1) is 0 Å². The van der Waals surface area contributed by atoms with E-state index in [0.717, 1.165) is 0 Å². The fourth-order valence-electron chi connectivity index (χ4n) is 0.339. The zero-order valence-electron chi connectivity index (χ0n) is 5.16. The first-order valence-electron chi connectivity index (χ1n) is 2.46. The predicted molar refractivity (Wildman–Crippen MR) is 35.0 cm³/mol. The zero-order valence-corrected chi connectivity index (χ0v) is 6.15. The molecule has 0 aromatic carbocycles. The number of hydrogen-bond donors (Lipinski definition) is 0. The van der Waals surface area contributed by atoms with Crippen molar-refractivity contribution in [3.8, 4) is 0 Å². The second kappa shape index (κ2) is 4.40. The normalized spacial score (nSPS) is 10.8. The minimum absolute atomic E-state index is 0.0128. The van der Waals surface area contributed by atoms with Crippen molar-refractivity contribution in [1.82, 2.24) is 0 Å². The summed E-state index contributed by atoms with van der Waals surface area (Å²) < 4.78 is 0. The standard InChI is InChI=1S/C7H8O.Ni/c1-4-5-6(2)7(3)8;/h2,4-5H,1H2,3H3;/b6-5+;. The summed E-state index contributed by atoms with van der Waals surface area (Å²) >= 11 is 4.28. The molecule has 0 aliphatic heterocycles. The molecule has 0 saturated heterocycles. The number of Topliss-reactive ketones (excluding diaryl/α,β-unsaturated/α-hetero) is 1. The van der Waals surface area contributed by atoms with E-state index in [1.54, 1.807) is 12.2 Å². The van der Waals surface area contributed by atoms with E-state index in [-0.39, 0.29) is 5.78 Å². The van der Waals surface area contributed by atoms with Gasteiger partial charge in [0.1, 0.15) is 0 Å². The molecule has 9 heavy (non-hydrogen) atoms. The van der Waals surface area contributed by atoms with E-state index in [1.807, 2.05) is 0 Å². The van der Waals surface area contributed by atoms with Crippen LogP contribution in [0.25, 0.3) is 0 Å². The van der Waals surface area contributed by atoms with Gasteiger partial charge >= 0.3 is 61.8 Å². The monoisotopic (exact) mass is 166 g/mol. The van der Waals surface area contributed by atoms with Gasteiger partial charge in [-0.3, -0.25) is 0 Å². The summed E-state index contributed by atoms with van der Waals surface area (Å²) in [5.41, 5.74) is 0.546. The zero-order chi connectivity index (χ0) is 7.28. The van der Waals surface area contributed by atoms with Crippen LogP contribution in [-0.4, -0.2) is 10.8 Å². The molecule has 0 saturated carbocycles. The van der Waals surface area contributed by atoms with Gasteiger partial charge in [0, 0.05) is 0 Å². The Morgan fingerprint density at radius 2 is 2.22 bits per heavy atom. The van der Waals surface area contributed by atoms with E-state index in [0.29, 0.717) is 5.57 Å². The third kappa shape index (κ3) is 3.15. The maximum absolute atomic E-state index is 10.6. The van der Waals surface area contributed by atoms with E-state index in [2.05, 4.69) is 21.6 Å². The Morgan fingerprint density at radius 1 is 1.67 bits per heavy atom. The Labute approximate surface area is 62.4 Å². The average molecular weight is 167 g/mol. The van der Waals surface area contributed by atoms with Crippen LogP contribution in [0.4, 0.5) is 0 Å². The van der Waals surface area contributed by atoms with Crippen molar-refractivity contribution >= 4 is 10.8 Å². The van der Waals surface area contributed by atoms with Gasteiger partial charge in [0.25, 0.3) is 0 Å². The van der Waals surface area contributed by atoms with Crippen molar-refractivity contribution in [2.45, 2.75) is 6.92 Å². The Balaban J connectivity index is 4.32. The van der Waals surface area contributed by atoms with Gasteiger partial charge in [-0.25, -0.2) is 0 Å². The minimum atomic E-state index is -0.0128. The molecule has 0 aromatic heterocycles. The molecule has 0 bridgehead atoms. The summed E-state index contributed by atoms with van der Waals surface area (Å²) in [5.74, 6) is -0.0128. The van der Waals surface area contributed by atoms with Crippen LogP contribution >= 0.6 is 0 Å². The molecule has 0 spiro atoms. The summed E-state index contributed by atoms with van der Waals surface area (Å²) in [6.45, 7) is 4.92. The van der Waals surface area contributed by atoms with Gasteiger partial charge in [-0.1, -0.05) is 0 Å². The number of carbonyl (C=O) groups is 1. The summed E-state index contributed by atoms with van der Waals surface area (Å²) in [6.07, 6.45) is 3.15. The van der Waals surface area contributed by atoms with Crippen LogP contribution in [0.1, 0.15) is 6.92 Å². The van der Waals surface area contributed by atoms with E-state index in [1.165, 1.54) is 11.9 Å².